The van der Waals surface area contributed by atoms with E-state index in [0.717, 1.165) is 15.7 Å². The van der Waals surface area contributed by atoms with Crippen molar-refractivity contribution < 1.29 is 0 Å². The van der Waals surface area contributed by atoms with Crippen molar-refractivity contribution in [2.24, 2.45) is 0 Å². The van der Waals surface area contributed by atoms with E-state index in [-0.39, 0.29) is 0 Å². The fraction of sp³-hybridized carbons (Fsp3) is 0.500. The number of benzene rings is 1. The number of hydrogen-bond acceptors (Lipinski definition) is 3. The van der Waals surface area contributed by atoms with Gasteiger partial charge in [-0.15, -0.1) is 0 Å². The quantitative estimate of drug-likeness (QED) is 0.913. The van der Waals surface area contributed by atoms with E-state index in [1.54, 1.807) is 0 Å². The highest BCUT2D eigenvalue weighted by atomic mass is 79.9. The van der Waals surface area contributed by atoms with Crippen molar-refractivity contribution in [1.29, 1.82) is 5.26 Å². The molecule has 0 bridgehead atoms. The predicted octanol–water partition coefficient (Wildman–Crippen LogP) is 2.97. The fourth-order valence-corrected chi connectivity index (χ4v) is 3.55. The van der Waals surface area contributed by atoms with Crippen LogP contribution in [0.2, 0.25) is 0 Å². The number of nitrogens with zero attached hydrogens (tertiary/aromatic N) is 2. The molecule has 4 heteroatoms. The van der Waals surface area contributed by atoms with E-state index in [1.807, 2.05) is 18.2 Å². The largest absolute Gasteiger partial charge is 0.380 e. The Kier molecular flexibility index (Phi) is 3.27. The molecule has 0 radical (unpaired) electrons. The minimum absolute atomic E-state index is 0.494. The molecule has 2 heterocycles. The third-order valence-corrected chi connectivity index (χ3v) is 4.54. The average molecular weight is 306 g/mol. The first-order valence-electron chi connectivity index (χ1n) is 6.48. The molecular weight excluding hydrogens is 290 g/mol. The van der Waals surface area contributed by atoms with Gasteiger partial charge in [0.15, 0.2) is 0 Å². The summed E-state index contributed by atoms with van der Waals surface area (Å²) in [5.74, 6) is 0. The summed E-state index contributed by atoms with van der Waals surface area (Å²) in [6.07, 6.45) is 3.78. The Labute approximate surface area is 116 Å². The highest BCUT2D eigenvalue weighted by Crippen LogP contribution is 2.31. The number of fused-ring (bicyclic) bond motifs is 1. The zero-order valence-electron chi connectivity index (χ0n) is 10.2. The normalized spacial score (nSPS) is 26.9. The Morgan fingerprint density at radius 1 is 1.33 bits per heavy atom. The van der Waals surface area contributed by atoms with Crippen LogP contribution in [0.4, 0.5) is 5.69 Å². The molecule has 94 valence electrons. The van der Waals surface area contributed by atoms with Crippen LogP contribution in [-0.2, 0) is 0 Å². The number of halogens is 1. The number of hydrogen-bond donors (Lipinski definition) is 1. The molecule has 2 aliphatic rings. The van der Waals surface area contributed by atoms with Crippen LogP contribution in [0.25, 0.3) is 0 Å². The van der Waals surface area contributed by atoms with E-state index >= 15 is 0 Å². The lowest BCUT2D eigenvalue weighted by Gasteiger charge is -2.22. The Balaban J connectivity index is 1.80. The van der Waals surface area contributed by atoms with Gasteiger partial charge in [-0.2, -0.15) is 5.26 Å². The molecular formula is C14H16BrN3. The number of nitrogens with one attached hydrogen (secondary N) is 1. The van der Waals surface area contributed by atoms with E-state index in [2.05, 4.69) is 32.2 Å². The number of rotatable bonds is 2. The molecule has 0 spiro atoms. The average Bonchev–Trinajstić information content (AvgIpc) is 2.94. The summed E-state index contributed by atoms with van der Waals surface area (Å²) in [5.41, 5.74) is 1.69. The predicted molar refractivity (Wildman–Crippen MR) is 75.5 cm³/mol. The van der Waals surface area contributed by atoms with Crippen molar-refractivity contribution >= 4 is 21.6 Å². The second-order valence-corrected chi connectivity index (χ2v) is 6.00. The molecule has 1 N–H and O–H groups in total. The van der Waals surface area contributed by atoms with Crippen LogP contribution < -0.4 is 5.32 Å². The van der Waals surface area contributed by atoms with Crippen LogP contribution in [0.1, 0.15) is 24.8 Å². The van der Waals surface area contributed by atoms with Gasteiger partial charge in [-0.25, -0.2) is 0 Å². The van der Waals surface area contributed by atoms with E-state index < -0.39 is 0 Å². The lowest BCUT2D eigenvalue weighted by Crippen LogP contribution is -2.33. The minimum atomic E-state index is 0.494. The molecule has 3 rings (SSSR count). The first-order chi connectivity index (χ1) is 8.78. The van der Waals surface area contributed by atoms with Crippen molar-refractivity contribution in [3.63, 3.8) is 0 Å². The monoisotopic (exact) mass is 305 g/mol. The smallest absolute Gasteiger partial charge is 0.101 e. The Hall–Kier alpha value is -1.05. The maximum atomic E-state index is 9.15. The Bertz CT molecular complexity index is 494. The molecule has 1 aromatic rings. The zero-order chi connectivity index (χ0) is 12.5. The van der Waals surface area contributed by atoms with E-state index in [4.69, 9.17) is 5.26 Å². The van der Waals surface area contributed by atoms with Gasteiger partial charge in [-0.05, 0) is 44.0 Å². The first kappa shape index (κ1) is 12.0. The molecule has 0 saturated carbocycles. The fourth-order valence-electron chi connectivity index (χ4n) is 3.18. The van der Waals surface area contributed by atoms with Gasteiger partial charge in [0.2, 0.25) is 0 Å². The molecule has 18 heavy (non-hydrogen) atoms. The molecule has 2 fully saturated rings. The summed E-state index contributed by atoms with van der Waals surface area (Å²) in [5, 5.41) is 12.7. The van der Waals surface area contributed by atoms with Gasteiger partial charge in [0.05, 0.1) is 11.3 Å². The molecule has 2 aliphatic heterocycles. The van der Waals surface area contributed by atoms with Crippen LogP contribution in [-0.4, -0.2) is 30.1 Å². The summed E-state index contributed by atoms with van der Waals surface area (Å²) in [6, 6.07) is 9.21. The van der Waals surface area contributed by atoms with Gasteiger partial charge in [0.25, 0.3) is 0 Å². The molecule has 2 unspecified atom stereocenters. The molecule has 0 aliphatic carbocycles. The second kappa shape index (κ2) is 4.91. The molecule has 0 amide bonds. The topological polar surface area (TPSA) is 39.1 Å². The lowest BCUT2D eigenvalue weighted by atomic mass is 10.1. The molecule has 1 aromatic carbocycles. The van der Waals surface area contributed by atoms with Crippen LogP contribution >= 0.6 is 15.9 Å². The third kappa shape index (κ3) is 2.13. The Morgan fingerprint density at radius 3 is 3.06 bits per heavy atom. The van der Waals surface area contributed by atoms with Crippen LogP contribution in [0.3, 0.4) is 0 Å². The maximum absolute atomic E-state index is 9.15. The van der Waals surface area contributed by atoms with Crippen molar-refractivity contribution in [2.75, 3.05) is 18.4 Å². The zero-order valence-corrected chi connectivity index (χ0v) is 11.8. The van der Waals surface area contributed by atoms with Gasteiger partial charge in [-0.1, -0.05) is 15.9 Å². The van der Waals surface area contributed by atoms with E-state index in [1.165, 1.54) is 32.4 Å². The molecule has 2 saturated heterocycles. The van der Waals surface area contributed by atoms with Crippen LogP contribution in [0, 0.1) is 11.3 Å². The van der Waals surface area contributed by atoms with Gasteiger partial charge >= 0.3 is 0 Å². The first-order valence-corrected chi connectivity index (χ1v) is 7.27. The summed E-state index contributed by atoms with van der Waals surface area (Å²) in [7, 11) is 0. The SMILES string of the molecule is N#Cc1ccc(Br)cc1NC1CCN2CCCC12. The Morgan fingerprint density at radius 2 is 2.22 bits per heavy atom. The highest BCUT2D eigenvalue weighted by molar-refractivity contribution is 9.10. The summed E-state index contributed by atoms with van der Waals surface area (Å²) >= 11 is 3.47. The van der Waals surface area contributed by atoms with Crippen molar-refractivity contribution in [3.8, 4) is 6.07 Å². The van der Waals surface area contributed by atoms with E-state index in [9.17, 15) is 0 Å². The van der Waals surface area contributed by atoms with E-state index in [0.29, 0.717) is 12.1 Å². The van der Waals surface area contributed by atoms with Crippen molar-refractivity contribution in [2.45, 2.75) is 31.3 Å². The molecule has 3 nitrogen and oxygen atoms in total. The standard InChI is InChI=1S/C14H16BrN3/c15-11-4-3-10(9-16)13(8-11)17-12-5-7-18-6-1-2-14(12)18/h3-4,8,12,14,17H,1-2,5-7H2. The number of nitriles is 1. The van der Waals surface area contributed by atoms with Crippen LogP contribution in [0.5, 0.6) is 0 Å². The summed E-state index contributed by atoms with van der Waals surface area (Å²) < 4.78 is 1.02. The van der Waals surface area contributed by atoms with Crippen molar-refractivity contribution in [3.05, 3.63) is 28.2 Å². The lowest BCUT2D eigenvalue weighted by molar-refractivity contribution is 0.318. The summed E-state index contributed by atoms with van der Waals surface area (Å²) in [4.78, 5) is 2.57. The summed E-state index contributed by atoms with van der Waals surface area (Å²) in [6.45, 7) is 2.44. The molecule has 0 aromatic heterocycles. The van der Waals surface area contributed by atoms with Gasteiger partial charge in [0, 0.05) is 23.1 Å². The minimum Gasteiger partial charge on any atom is -0.380 e. The van der Waals surface area contributed by atoms with Gasteiger partial charge in [-0.3, -0.25) is 4.90 Å². The third-order valence-electron chi connectivity index (χ3n) is 4.05. The van der Waals surface area contributed by atoms with Gasteiger partial charge in [0.1, 0.15) is 6.07 Å². The van der Waals surface area contributed by atoms with Crippen molar-refractivity contribution in [1.82, 2.24) is 4.90 Å². The maximum Gasteiger partial charge on any atom is 0.101 e. The van der Waals surface area contributed by atoms with Gasteiger partial charge < -0.3 is 5.32 Å². The van der Waals surface area contributed by atoms with Crippen LogP contribution in [0.15, 0.2) is 22.7 Å². The highest BCUT2D eigenvalue weighted by Gasteiger charge is 2.37. The second-order valence-electron chi connectivity index (χ2n) is 5.09. The number of anilines is 1. The molecule has 2 atom stereocenters.